The Kier molecular flexibility index (Phi) is 6.63. The maximum Gasteiger partial charge on any atom is 0.251 e. The lowest BCUT2D eigenvalue weighted by atomic mass is 10.2. The highest BCUT2D eigenvalue weighted by Gasteiger charge is 2.17. The van der Waals surface area contributed by atoms with Crippen LogP contribution in [-0.2, 0) is 0 Å². The molecule has 4 nitrogen and oxygen atoms in total. The molecule has 1 aliphatic rings. The number of hydrogen-bond donors (Lipinski definition) is 1. The van der Waals surface area contributed by atoms with E-state index >= 15 is 0 Å². The Labute approximate surface area is 162 Å². The van der Waals surface area contributed by atoms with Crippen molar-refractivity contribution in [3.63, 3.8) is 0 Å². The van der Waals surface area contributed by atoms with Crippen molar-refractivity contribution in [2.45, 2.75) is 6.42 Å². The van der Waals surface area contributed by atoms with Crippen molar-refractivity contribution in [3.05, 3.63) is 64.7 Å². The molecule has 144 valence electrons. The summed E-state index contributed by atoms with van der Waals surface area (Å²) < 4.78 is 26.1. The molecule has 2 aromatic rings. The molecule has 0 bridgehead atoms. The number of hydrogen-bond acceptors (Lipinski definition) is 3. The Morgan fingerprint density at radius 2 is 1.70 bits per heavy atom. The zero-order valence-corrected chi connectivity index (χ0v) is 15.7. The topological polar surface area (TPSA) is 35.6 Å². The van der Waals surface area contributed by atoms with Gasteiger partial charge in [-0.25, -0.2) is 8.78 Å². The van der Waals surface area contributed by atoms with Crippen molar-refractivity contribution in [1.82, 2.24) is 10.2 Å². The van der Waals surface area contributed by atoms with Gasteiger partial charge in [-0.15, -0.1) is 0 Å². The predicted molar refractivity (Wildman–Crippen MR) is 103 cm³/mol. The van der Waals surface area contributed by atoms with Crippen LogP contribution in [0, 0.1) is 11.6 Å². The number of carbonyl (C=O) groups is 1. The fourth-order valence-electron chi connectivity index (χ4n) is 3.13. The molecule has 2 aromatic carbocycles. The van der Waals surface area contributed by atoms with Crippen LogP contribution >= 0.6 is 11.6 Å². The molecule has 0 spiro atoms. The summed E-state index contributed by atoms with van der Waals surface area (Å²) in [5.41, 5.74) is 1.31. The number of anilines is 1. The highest BCUT2D eigenvalue weighted by atomic mass is 35.5. The zero-order valence-electron chi connectivity index (χ0n) is 14.9. The normalized spacial score (nSPS) is 15.0. The first-order valence-electron chi connectivity index (χ1n) is 8.99. The summed E-state index contributed by atoms with van der Waals surface area (Å²) in [5.74, 6) is -2.35. The lowest BCUT2D eigenvalue weighted by Gasteiger charge is -2.36. The van der Waals surface area contributed by atoms with E-state index in [0.29, 0.717) is 6.54 Å². The molecule has 0 aromatic heterocycles. The number of nitrogens with one attached hydrogen (secondary N) is 1. The van der Waals surface area contributed by atoms with E-state index in [4.69, 9.17) is 11.6 Å². The molecule has 1 amide bonds. The Hall–Kier alpha value is -2.18. The summed E-state index contributed by atoms with van der Waals surface area (Å²) >= 11 is 5.93. The molecule has 27 heavy (non-hydrogen) atoms. The molecule has 0 saturated carbocycles. The molecule has 1 saturated heterocycles. The quantitative estimate of drug-likeness (QED) is 0.762. The van der Waals surface area contributed by atoms with E-state index in [9.17, 15) is 13.6 Å². The fraction of sp³-hybridized carbons (Fsp3) is 0.350. The second kappa shape index (κ2) is 9.15. The first-order valence-corrected chi connectivity index (χ1v) is 9.37. The standard InChI is InChI=1S/C20H22ClF2N3O/c21-16-3-5-17(6-4-16)26-12-10-25(11-13-26)9-1-8-24-20(27)15-2-7-18(22)19(23)14-15/h2-7,14H,1,8-13H2,(H,24,27). The van der Waals surface area contributed by atoms with Crippen molar-refractivity contribution in [1.29, 1.82) is 0 Å². The average Bonchev–Trinajstić information content (AvgIpc) is 2.68. The van der Waals surface area contributed by atoms with E-state index in [0.717, 1.165) is 56.3 Å². The second-order valence-corrected chi connectivity index (χ2v) is 6.98. The van der Waals surface area contributed by atoms with Gasteiger partial charge in [-0.05, 0) is 55.4 Å². The molecule has 3 rings (SSSR count). The Balaban J connectivity index is 1.36. The Morgan fingerprint density at radius 1 is 1.00 bits per heavy atom. The number of nitrogens with zero attached hydrogens (tertiary/aromatic N) is 2. The van der Waals surface area contributed by atoms with Crippen molar-refractivity contribution in [2.75, 3.05) is 44.2 Å². The number of halogens is 3. The van der Waals surface area contributed by atoms with Gasteiger partial charge in [-0.2, -0.15) is 0 Å². The van der Waals surface area contributed by atoms with Gasteiger partial charge in [0.15, 0.2) is 11.6 Å². The van der Waals surface area contributed by atoms with E-state index in [1.54, 1.807) is 0 Å². The summed E-state index contributed by atoms with van der Waals surface area (Å²) in [5, 5.41) is 3.49. The lowest BCUT2D eigenvalue weighted by Crippen LogP contribution is -2.47. The lowest BCUT2D eigenvalue weighted by molar-refractivity contribution is 0.0951. The molecule has 0 unspecified atom stereocenters. The smallest absolute Gasteiger partial charge is 0.251 e. The van der Waals surface area contributed by atoms with Gasteiger partial charge >= 0.3 is 0 Å². The van der Waals surface area contributed by atoms with Crippen molar-refractivity contribution in [3.8, 4) is 0 Å². The van der Waals surface area contributed by atoms with Gasteiger partial charge in [0.1, 0.15) is 0 Å². The van der Waals surface area contributed by atoms with E-state index in [-0.39, 0.29) is 11.5 Å². The summed E-state index contributed by atoms with van der Waals surface area (Å²) in [6, 6.07) is 11.0. The molecule has 1 aliphatic heterocycles. The average molecular weight is 394 g/mol. The van der Waals surface area contributed by atoms with Crippen LogP contribution in [0.25, 0.3) is 0 Å². The monoisotopic (exact) mass is 393 g/mol. The Morgan fingerprint density at radius 3 is 2.37 bits per heavy atom. The maximum atomic E-state index is 13.2. The number of carbonyl (C=O) groups excluding carboxylic acids is 1. The van der Waals surface area contributed by atoms with E-state index < -0.39 is 11.6 Å². The minimum absolute atomic E-state index is 0.130. The maximum absolute atomic E-state index is 13.2. The number of benzene rings is 2. The third kappa shape index (κ3) is 5.40. The third-order valence-electron chi connectivity index (χ3n) is 4.68. The van der Waals surface area contributed by atoms with Crippen LogP contribution in [0.15, 0.2) is 42.5 Å². The molecule has 0 radical (unpaired) electrons. The number of amides is 1. The largest absolute Gasteiger partial charge is 0.369 e. The molecule has 1 heterocycles. The number of rotatable bonds is 6. The van der Waals surface area contributed by atoms with Crippen molar-refractivity contribution >= 4 is 23.2 Å². The minimum atomic E-state index is -1.01. The summed E-state index contributed by atoms with van der Waals surface area (Å²) in [7, 11) is 0. The van der Waals surface area contributed by atoms with E-state index in [1.165, 1.54) is 11.8 Å². The van der Waals surface area contributed by atoms with Crippen LogP contribution < -0.4 is 10.2 Å². The molecule has 7 heteroatoms. The van der Waals surface area contributed by atoms with Crippen molar-refractivity contribution < 1.29 is 13.6 Å². The first-order chi connectivity index (χ1) is 13.0. The van der Waals surface area contributed by atoms with E-state index in [2.05, 4.69) is 15.1 Å². The fourth-order valence-corrected chi connectivity index (χ4v) is 3.25. The Bertz CT molecular complexity index is 777. The van der Waals surface area contributed by atoms with E-state index in [1.807, 2.05) is 24.3 Å². The highest BCUT2D eigenvalue weighted by Crippen LogP contribution is 2.19. The van der Waals surface area contributed by atoms with Gasteiger partial charge in [-0.3, -0.25) is 9.69 Å². The van der Waals surface area contributed by atoms with Crippen LogP contribution in [0.2, 0.25) is 5.02 Å². The van der Waals surface area contributed by atoms with Gasteiger partial charge in [-0.1, -0.05) is 11.6 Å². The van der Waals surface area contributed by atoms with Crippen LogP contribution in [0.3, 0.4) is 0 Å². The molecule has 0 atom stereocenters. The van der Waals surface area contributed by atoms with Crippen LogP contribution in [0.1, 0.15) is 16.8 Å². The summed E-state index contributed by atoms with van der Waals surface area (Å²) in [6.07, 6.45) is 0.802. The van der Waals surface area contributed by atoms with Gasteiger partial charge in [0.25, 0.3) is 5.91 Å². The van der Waals surface area contributed by atoms with Crippen LogP contribution in [0.5, 0.6) is 0 Å². The third-order valence-corrected chi connectivity index (χ3v) is 4.93. The number of piperazine rings is 1. The molecule has 1 fully saturated rings. The molecule has 1 N–H and O–H groups in total. The summed E-state index contributed by atoms with van der Waals surface area (Å²) in [4.78, 5) is 16.6. The molecular weight excluding hydrogens is 372 g/mol. The molecular formula is C20H22ClF2N3O. The van der Waals surface area contributed by atoms with Gasteiger partial charge in [0, 0.05) is 49.0 Å². The van der Waals surface area contributed by atoms with Gasteiger partial charge in [0.05, 0.1) is 0 Å². The predicted octanol–water partition coefficient (Wildman–Crippen LogP) is 3.56. The van der Waals surface area contributed by atoms with Gasteiger partial charge < -0.3 is 10.2 Å². The van der Waals surface area contributed by atoms with Crippen molar-refractivity contribution in [2.24, 2.45) is 0 Å². The van der Waals surface area contributed by atoms with Gasteiger partial charge in [0.2, 0.25) is 0 Å². The van der Waals surface area contributed by atoms with Crippen LogP contribution in [-0.4, -0.2) is 50.1 Å². The highest BCUT2D eigenvalue weighted by molar-refractivity contribution is 6.30. The SMILES string of the molecule is O=C(NCCCN1CCN(c2ccc(Cl)cc2)CC1)c1ccc(F)c(F)c1. The summed E-state index contributed by atoms with van der Waals surface area (Å²) in [6.45, 7) is 5.19. The van der Waals surface area contributed by atoms with Crippen LogP contribution in [0.4, 0.5) is 14.5 Å². The zero-order chi connectivity index (χ0) is 19.2. The molecule has 0 aliphatic carbocycles. The minimum Gasteiger partial charge on any atom is -0.369 e. The second-order valence-electron chi connectivity index (χ2n) is 6.54. The first kappa shape index (κ1) is 19.6.